The van der Waals surface area contributed by atoms with E-state index in [2.05, 4.69) is 70.9 Å². The van der Waals surface area contributed by atoms with Crippen molar-refractivity contribution in [2.75, 3.05) is 11.1 Å². The van der Waals surface area contributed by atoms with E-state index in [4.69, 9.17) is 0 Å². The zero-order valence-corrected chi connectivity index (χ0v) is 20.1. The molecule has 4 rings (SSSR count). The van der Waals surface area contributed by atoms with Gasteiger partial charge in [-0.25, -0.2) is 0 Å². The molecule has 0 spiro atoms. The Labute approximate surface area is 200 Å². The van der Waals surface area contributed by atoms with Crippen LogP contribution in [0.15, 0.2) is 82.6 Å². The molecule has 1 amide bonds. The Hall–Kier alpha value is -2.84. The summed E-state index contributed by atoms with van der Waals surface area (Å²) in [6, 6.07) is 22.0. The van der Waals surface area contributed by atoms with Crippen molar-refractivity contribution < 1.29 is 4.79 Å². The quantitative estimate of drug-likeness (QED) is 0.324. The van der Waals surface area contributed by atoms with Crippen LogP contribution in [0.4, 0.5) is 5.69 Å². The molecule has 0 unspecified atom stereocenters. The summed E-state index contributed by atoms with van der Waals surface area (Å²) >= 11 is 4.82. The van der Waals surface area contributed by atoms with Gasteiger partial charge in [-0.05, 0) is 48.4 Å². The van der Waals surface area contributed by atoms with E-state index in [0.717, 1.165) is 34.1 Å². The first-order valence-corrected chi connectivity index (χ1v) is 12.1. The van der Waals surface area contributed by atoms with Gasteiger partial charge in [0, 0.05) is 42.1 Å². The molecule has 8 heteroatoms. The summed E-state index contributed by atoms with van der Waals surface area (Å²) in [4.78, 5) is 12.5. The predicted molar refractivity (Wildman–Crippen MR) is 132 cm³/mol. The largest absolute Gasteiger partial charge is 0.354 e. The number of halogens is 1. The fraction of sp³-hybridized carbons (Fsp3) is 0.208. The fourth-order valence-electron chi connectivity index (χ4n) is 3.37. The number of anilines is 1. The fourth-order valence-corrected chi connectivity index (χ4v) is 4.42. The molecule has 164 valence electrons. The number of rotatable bonds is 9. The van der Waals surface area contributed by atoms with Crippen LogP contribution in [0.1, 0.15) is 17.1 Å². The molecule has 0 aliphatic heterocycles. The van der Waals surface area contributed by atoms with Crippen LogP contribution in [-0.4, -0.2) is 31.0 Å². The summed E-state index contributed by atoms with van der Waals surface area (Å²) in [5.74, 6) is 1.10. The van der Waals surface area contributed by atoms with E-state index in [0.29, 0.717) is 6.42 Å². The lowest BCUT2D eigenvalue weighted by molar-refractivity contribution is -0.113. The second-order valence-electron chi connectivity index (χ2n) is 7.42. The number of amides is 1. The Kier molecular flexibility index (Phi) is 7.44. The van der Waals surface area contributed by atoms with Crippen molar-refractivity contribution in [2.45, 2.75) is 24.5 Å². The third-order valence-corrected chi connectivity index (χ3v) is 6.61. The Balaban J connectivity index is 1.46. The zero-order chi connectivity index (χ0) is 22.3. The average molecular weight is 510 g/mol. The minimum atomic E-state index is -0.0704. The van der Waals surface area contributed by atoms with Gasteiger partial charge < -0.3 is 14.5 Å². The zero-order valence-electron chi connectivity index (χ0n) is 17.7. The van der Waals surface area contributed by atoms with E-state index in [1.807, 2.05) is 49.6 Å². The number of aryl methyl sites for hydroxylation is 2. The van der Waals surface area contributed by atoms with Crippen molar-refractivity contribution in [1.82, 2.24) is 19.3 Å². The second-order valence-corrected chi connectivity index (χ2v) is 9.28. The van der Waals surface area contributed by atoms with Crippen LogP contribution in [0.2, 0.25) is 0 Å². The SMILES string of the molecule is Cn1cccc1Cc1nnc(SCC(=O)Nc2ccc(Br)cc2)n1CCc1ccccc1. The van der Waals surface area contributed by atoms with Gasteiger partial charge in [-0.3, -0.25) is 4.79 Å². The van der Waals surface area contributed by atoms with Crippen molar-refractivity contribution >= 4 is 39.3 Å². The van der Waals surface area contributed by atoms with Gasteiger partial charge in [0.2, 0.25) is 5.91 Å². The number of hydrogen-bond acceptors (Lipinski definition) is 4. The van der Waals surface area contributed by atoms with Crippen molar-refractivity contribution in [2.24, 2.45) is 7.05 Å². The smallest absolute Gasteiger partial charge is 0.234 e. The maximum atomic E-state index is 12.5. The number of carbonyl (C=O) groups is 1. The van der Waals surface area contributed by atoms with E-state index in [9.17, 15) is 4.79 Å². The van der Waals surface area contributed by atoms with Crippen LogP contribution < -0.4 is 5.32 Å². The molecule has 6 nitrogen and oxygen atoms in total. The van der Waals surface area contributed by atoms with E-state index >= 15 is 0 Å². The van der Waals surface area contributed by atoms with Gasteiger partial charge in [-0.2, -0.15) is 0 Å². The number of carbonyl (C=O) groups excluding carboxylic acids is 1. The maximum absolute atomic E-state index is 12.5. The average Bonchev–Trinajstić information content (AvgIpc) is 3.39. The molecule has 2 heterocycles. The molecular weight excluding hydrogens is 486 g/mol. The van der Waals surface area contributed by atoms with Gasteiger partial charge in [-0.15, -0.1) is 10.2 Å². The van der Waals surface area contributed by atoms with Crippen LogP contribution in [0.3, 0.4) is 0 Å². The molecule has 0 radical (unpaired) electrons. The highest BCUT2D eigenvalue weighted by molar-refractivity contribution is 9.10. The Morgan fingerprint density at radius 1 is 1.03 bits per heavy atom. The van der Waals surface area contributed by atoms with Crippen LogP contribution in [0.5, 0.6) is 0 Å². The molecule has 0 fully saturated rings. The molecule has 0 atom stereocenters. The van der Waals surface area contributed by atoms with Crippen molar-refractivity contribution in [3.63, 3.8) is 0 Å². The van der Waals surface area contributed by atoms with Gasteiger partial charge in [-0.1, -0.05) is 58.0 Å². The molecule has 0 aliphatic rings. The normalized spacial score (nSPS) is 10.9. The van der Waals surface area contributed by atoms with Crippen LogP contribution in [0.25, 0.3) is 0 Å². The van der Waals surface area contributed by atoms with Crippen LogP contribution in [0, 0.1) is 0 Å². The third kappa shape index (κ3) is 5.89. The van der Waals surface area contributed by atoms with E-state index in [-0.39, 0.29) is 11.7 Å². The van der Waals surface area contributed by atoms with Gasteiger partial charge in [0.05, 0.1) is 5.75 Å². The summed E-state index contributed by atoms with van der Waals surface area (Å²) in [5.41, 5.74) is 3.20. The number of aromatic nitrogens is 4. The number of thioether (sulfide) groups is 1. The first-order chi connectivity index (χ1) is 15.6. The van der Waals surface area contributed by atoms with Crippen LogP contribution in [-0.2, 0) is 31.2 Å². The molecule has 2 aromatic carbocycles. The lowest BCUT2D eigenvalue weighted by Gasteiger charge is -2.11. The van der Waals surface area contributed by atoms with Gasteiger partial charge in [0.25, 0.3) is 0 Å². The molecule has 2 aromatic heterocycles. The monoisotopic (exact) mass is 509 g/mol. The molecular formula is C24H24BrN5OS. The van der Waals surface area contributed by atoms with E-state index in [1.165, 1.54) is 23.0 Å². The maximum Gasteiger partial charge on any atom is 0.234 e. The second kappa shape index (κ2) is 10.7. The number of nitrogens with zero attached hydrogens (tertiary/aromatic N) is 4. The molecule has 0 saturated heterocycles. The Morgan fingerprint density at radius 3 is 2.53 bits per heavy atom. The topological polar surface area (TPSA) is 64.7 Å². The highest BCUT2D eigenvalue weighted by Crippen LogP contribution is 2.21. The van der Waals surface area contributed by atoms with Gasteiger partial charge in [0.1, 0.15) is 5.82 Å². The lowest BCUT2D eigenvalue weighted by atomic mass is 10.1. The predicted octanol–water partition coefficient (Wildman–Crippen LogP) is 4.94. The number of benzene rings is 2. The number of nitrogens with one attached hydrogen (secondary N) is 1. The highest BCUT2D eigenvalue weighted by atomic mass is 79.9. The first-order valence-electron chi connectivity index (χ1n) is 10.3. The summed E-state index contributed by atoms with van der Waals surface area (Å²) in [7, 11) is 2.03. The highest BCUT2D eigenvalue weighted by Gasteiger charge is 2.16. The minimum absolute atomic E-state index is 0.0704. The van der Waals surface area contributed by atoms with E-state index in [1.54, 1.807) is 0 Å². The summed E-state index contributed by atoms with van der Waals surface area (Å²) in [6.45, 7) is 0.757. The molecule has 32 heavy (non-hydrogen) atoms. The summed E-state index contributed by atoms with van der Waals surface area (Å²) in [6.07, 6.45) is 3.59. The standard InChI is InChI=1S/C24H24BrN5OS/c1-29-14-5-8-21(29)16-22-27-28-24(30(22)15-13-18-6-3-2-4-7-18)32-17-23(31)26-20-11-9-19(25)10-12-20/h2-12,14H,13,15-17H2,1H3,(H,26,31). The van der Waals surface area contributed by atoms with Crippen molar-refractivity contribution in [3.8, 4) is 0 Å². The Bertz CT molecular complexity index is 1170. The van der Waals surface area contributed by atoms with Crippen molar-refractivity contribution in [3.05, 3.63) is 94.5 Å². The van der Waals surface area contributed by atoms with E-state index < -0.39 is 0 Å². The molecule has 0 saturated carbocycles. The Morgan fingerprint density at radius 2 is 1.81 bits per heavy atom. The molecule has 0 bridgehead atoms. The molecule has 4 aromatic rings. The third-order valence-electron chi connectivity index (χ3n) is 5.11. The van der Waals surface area contributed by atoms with Gasteiger partial charge in [0.15, 0.2) is 5.16 Å². The summed E-state index contributed by atoms with van der Waals surface area (Å²) < 4.78 is 5.20. The first kappa shape index (κ1) is 22.4. The van der Waals surface area contributed by atoms with Crippen molar-refractivity contribution in [1.29, 1.82) is 0 Å². The van der Waals surface area contributed by atoms with Gasteiger partial charge >= 0.3 is 0 Å². The van der Waals surface area contributed by atoms with Crippen LogP contribution >= 0.6 is 27.7 Å². The minimum Gasteiger partial charge on any atom is -0.354 e. The number of hydrogen-bond donors (Lipinski definition) is 1. The molecule has 1 N–H and O–H groups in total. The lowest BCUT2D eigenvalue weighted by Crippen LogP contribution is -2.15. The molecule has 0 aliphatic carbocycles. The summed E-state index contributed by atoms with van der Waals surface area (Å²) in [5, 5.41) is 12.6.